The number of rotatable bonds is 4. The van der Waals surface area contributed by atoms with Gasteiger partial charge in [-0.3, -0.25) is 10.2 Å². The summed E-state index contributed by atoms with van der Waals surface area (Å²) in [6.07, 6.45) is 6.19. The molecule has 7 heteroatoms. The van der Waals surface area contributed by atoms with Crippen LogP contribution in [0.4, 0.5) is 4.79 Å². The number of imide groups is 1. The molecule has 1 heterocycles. The van der Waals surface area contributed by atoms with E-state index in [1.165, 1.54) is 19.3 Å². The van der Waals surface area contributed by atoms with Gasteiger partial charge in [-0.2, -0.15) is 5.01 Å². The molecule has 25 heavy (non-hydrogen) atoms. The predicted molar refractivity (Wildman–Crippen MR) is 99.5 cm³/mol. The lowest BCUT2D eigenvalue weighted by atomic mass is 9.87. The number of hydrogen-bond donors (Lipinski definition) is 3. The van der Waals surface area contributed by atoms with Crippen LogP contribution in [0.3, 0.4) is 0 Å². The summed E-state index contributed by atoms with van der Waals surface area (Å²) in [6, 6.07) is 9.12. The molecule has 0 spiro atoms. The quantitative estimate of drug-likeness (QED) is 0.568. The van der Waals surface area contributed by atoms with Crippen LogP contribution in [0, 0.1) is 0 Å². The van der Waals surface area contributed by atoms with Crippen molar-refractivity contribution in [2.45, 2.75) is 57.0 Å². The van der Waals surface area contributed by atoms with Crippen molar-refractivity contribution in [2.75, 3.05) is 0 Å². The minimum atomic E-state index is -1.05. The second-order valence-corrected chi connectivity index (χ2v) is 7.02. The maximum atomic E-state index is 13.0. The fraction of sp³-hybridized carbons (Fsp3) is 0.500. The molecule has 1 aromatic carbocycles. The number of benzene rings is 1. The van der Waals surface area contributed by atoms with Crippen molar-refractivity contribution in [1.82, 2.24) is 21.1 Å². The molecule has 3 N–H and O–H groups in total. The van der Waals surface area contributed by atoms with Crippen molar-refractivity contribution >= 4 is 29.3 Å². The Morgan fingerprint density at radius 1 is 1.24 bits per heavy atom. The van der Waals surface area contributed by atoms with Gasteiger partial charge in [-0.15, -0.1) is 0 Å². The number of amides is 3. The first-order valence-corrected chi connectivity index (χ1v) is 9.27. The van der Waals surface area contributed by atoms with E-state index in [2.05, 4.69) is 16.1 Å². The summed E-state index contributed by atoms with van der Waals surface area (Å²) >= 11 is 5.31. The normalized spacial score (nSPS) is 24.1. The Morgan fingerprint density at radius 2 is 1.92 bits per heavy atom. The third-order valence-electron chi connectivity index (χ3n) is 5.04. The smallest absolute Gasteiger partial charge is 0.344 e. The molecule has 2 aliphatic rings. The van der Waals surface area contributed by atoms with Crippen molar-refractivity contribution < 1.29 is 9.59 Å². The van der Waals surface area contributed by atoms with Gasteiger partial charge in [-0.1, -0.05) is 56.5 Å². The van der Waals surface area contributed by atoms with Crippen molar-refractivity contribution in [3.8, 4) is 0 Å². The average Bonchev–Trinajstić information content (AvgIpc) is 2.88. The van der Waals surface area contributed by atoms with Crippen LogP contribution < -0.4 is 16.1 Å². The third kappa shape index (κ3) is 3.46. The maximum Gasteiger partial charge on any atom is 0.344 e. The van der Waals surface area contributed by atoms with Crippen molar-refractivity contribution in [1.29, 1.82) is 0 Å². The lowest BCUT2D eigenvalue weighted by molar-refractivity contribution is -0.133. The molecule has 1 aliphatic heterocycles. The number of hydrogen-bond acceptors (Lipinski definition) is 3. The van der Waals surface area contributed by atoms with E-state index in [1.54, 1.807) is 0 Å². The highest BCUT2D eigenvalue weighted by molar-refractivity contribution is 7.80. The minimum Gasteiger partial charge on any atom is -0.359 e. The zero-order chi connectivity index (χ0) is 17.9. The van der Waals surface area contributed by atoms with Gasteiger partial charge in [-0.05, 0) is 37.0 Å². The van der Waals surface area contributed by atoms with Gasteiger partial charge in [-0.25, -0.2) is 4.79 Å². The summed E-state index contributed by atoms with van der Waals surface area (Å²) in [5.41, 5.74) is 2.50. The predicted octanol–water partition coefficient (Wildman–Crippen LogP) is 2.56. The summed E-state index contributed by atoms with van der Waals surface area (Å²) in [5.74, 6) is -0.334. The largest absolute Gasteiger partial charge is 0.359 e. The molecule has 2 fully saturated rings. The highest BCUT2D eigenvalue weighted by Gasteiger charge is 2.51. The Kier molecular flexibility index (Phi) is 5.22. The molecule has 1 aromatic rings. The van der Waals surface area contributed by atoms with Gasteiger partial charge < -0.3 is 10.6 Å². The van der Waals surface area contributed by atoms with Crippen LogP contribution >= 0.6 is 12.2 Å². The summed E-state index contributed by atoms with van der Waals surface area (Å²) < 4.78 is 0. The zero-order valence-corrected chi connectivity index (χ0v) is 15.2. The average molecular weight is 360 g/mol. The Balaban J connectivity index is 1.71. The number of hydrazine groups is 1. The fourth-order valence-corrected chi connectivity index (χ4v) is 3.86. The summed E-state index contributed by atoms with van der Waals surface area (Å²) in [6.45, 7) is 1.88. The van der Waals surface area contributed by atoms with Crippen LogP contribution in [0.2, 0.25) is 0 Å². The monoisotopic (exact) mass is 360 g/mol. The van der Waals surface area contributed by atoms with Crippen molar-refractivity contribution in [2.24, 2.45) is 0 Å². The molecule has 134 valence electrons. The molecular weight excluding hydrogens is 336 g/mol. The SMILES string of the molecule is CC[C@]1(c2ccccc2)NC(=O)N(NC(=S)NC2CCCCC2)C1=O. The summed E-state index contributed by atoms with van der Waals surface area (Å²) in [7, 11) is 0. The van der Waals surface area contributed by atoms with E-state index in [-0.39, 0.29) is 5.91 Å². The van der Waals surface area contributed by atoms with E-state index >= 15 is 0 Å². The van der Waals surface area contributed by atoms with E-state index in [4.69, 9.17) is 12.2 Å². The molecule has 1 atom stereocenters. The summed E-state index contributed by atoms with van der Waals surface area (Å²) in [5, 5.41) is 7.36. The minimum absolute atomic E-state index is 0.305. The van der Waals surface area contributed by atoms with E-state index < -0.39 is 11.6 Å². The highest BCUT2D eigenvalue weighted by atomic mass is 32.1. The number of carbonyl (C=O) groups excluding carboxylic acids is 2. The number of thiocarbonyl (C=S) groups is 1. The molecule has 0 unspecified atom stereocenters. The van der Waals surface area contributed by atoms with Gasteiger partial charge in [0.2, 0.25) is 0 Å². The molecule has 0 bridgehead atoms. The molecular formula is C18H24N4O2S. The van der Waals surface area contributed by atoms with Crippen LogP contribution in [-0.2, 0) is 10.3 Å². The van der Waals surface area contributed by atoms with Crippen LogP contribution in [-0.4, -0.2) is 28.1 Å². The molecule has 3 amide bonds. The maximum absolute atomic E-state index is 13.0. The van der Waals surface area contributed by atoms with Crippen LogP contribution in [0.25, 0.3) is 0 Å². The molecule has 1 saturated heterocycles. The van der Waals surface area contributed by atoms with Gasteiger partial charge in [0.05, 0.1) is 0 Å². The first-order chi connectivity index (χ1) is 12.1. The first kappa shape index (κ1) is 17.7. The molecule has 1 aliphatic carbocycles. The Labute approximate surface area is 153 Å². The van der Waals surface area contributed by atoms with Crippen molar-refractivity contribution in [3.63, 3.8) is 0 Å². The second kappa shape index (κ2) is 7.39. The molecule has 3 rings (SSSR count). The highest BCUT2D eigenvalue weighted by Crippen LogP contribution is 2.31. The number of nitrogens with one attached hydrogen (secondary N) is 3. The number of urea groups is 1. The van der Waals surface area contributed by atoms with Gasteiger partial charge >= 0.3 is 6.03 Å². The molecule has 0 radical (unpaired) electrons. The topological polar surface area (TPSA) is 73.5 Å². The van der Waals surface area contributed by atoms with Gasteiger partial charge in [0.1, 0.15) is 5.54 Å². The molecule has 0 aromatic heterocycles. The van der Waals surface area contributed by atoms with E-state index in [0.29, 0.717) is 17.6 Å². The standard InChI is InChI=1S/C18H24N4O2S/c1-2-18(13-9-5-3-6-10-13)15(23)22(17(24)20-18)21-16(25)19-14-11-7-4-8-12-14/h3,5-6,9-10,14H,2,4,7-8,11-12H2,1H3,(H,20,24)(H2,19,21,25)/t18-/m1/s1. The van der Waals surface area contributed by atoms with Gasteiger partial charge in [0.25, 0.3) is 5.91 Å². The van der Waals surface area contributed by atoms with E-state index in [9.17, 15) is 9.59 Å². The lowest BCUT2D eigenvalue weighted by Gasteiger charge is -2.27. The van der Waals surface area contributed by atoms with Crippen LogP contribution in [0.1, 0.15) is 51.0 Å². The van der Waals surface area contributed by atoms with E-state index in [1.807, 2.05) is 37.3 Å². The van der Waals surface area contributed by atoms with E-state index in [0.717, 1.165) is 23.4 Å². The number of carbonyl (C=O) groups is 2. The fourth-order valence-electron chi connectivity index (χ4n) is 3.60. The molecule has 1 saturated carbocycles. The van der Waals surface area contributed by atoms with Crippen LogP contribution in [0.15, 0.2) is 30.3 Å². The van der Waals surface area contributed by atoms with Crippen molar-refractivity contribution in [3.05, 3.63) is 35.9 Å². The third-order valence-corrected chi connectivity index (χ3v) is 5.25. The second-order valence-electron chi connectivity index (χ2n) is 6.62. The Hall–Kier alpha value is -2.15. The summed E-state index contributed by atoms with van der Waals surface area (Å²) in [4.78, 5) is 25.4. The molecule has 6 nitrogen and oxygen atoms in total. The zero-order valence-electron chi connectivity index (χ0n) is 14.4. The first-order valence-electron chi connectivity index (χ1n) is 8.86. The van der Waals surface area contributed by atoms with Gasteiger partial charge in [0, 0.05) is 6.04 Å². The Morgan fingerprint density at radius 3 is 2.56 bits per heavy atom. The Bertz CT molecular complexity index is 660. The number of nitrogens with zero attached hydrogens (tertiary/aromatic N) is 1. The lowest BCUT2D eigenvalue weighted by Crippen LogP contribution is -2.53. The van der Waals surface area contributed by atoms with Crippen LogP contribution in [0.5, 0.6) is 0 Å². The van der Waals surface area contributed by atoms with Gasteiger partial charge in [0.15, 0.2) is 5.11 Å².